The molecule has 136 valence electrons. The predicted molar refractivity (Wildman–Crippen MR) is 120 cm³/mol. The number of rotatable bonds is 6. The van der Waals surface area contributed by atoms with E-state index < -0.39 is 0 Å². The van der Waals surface area contributed by atoms with Gasteiger partial charge in [0.2, 0.25) is 0 Å². The van der Waals surface area contributed by atoms with Crippen LogP contribution >= 0.6 is 0 Å². The highest BCUT2D eigenvalue weighted by Crippen LogP contribution is 2.36. The summed E-state index contributed by atoms with van der Waals surface area (Å²) in [6.07, 6.45) is 4.49. The van der Waals surface area contributed by atoms with E-state index in [-0.39, 0.29) is 6.04 Å². The fourth-order valence-electron chi connectivity index (χ4n) is 3.41. The summed E-state index contributed by atoms with van der Waals surface area (Å²) in [6, 6.07) is 42.3. The van der Waals surface area contributed by atoms with Gasteiger partial charge in [-0.15, -0.1) is 0 Å². The van der Waals surface area contributed by atoms with Crippen LogP contribution in [-0.4, -0.2) is 0 Å². The quantitative estimate of drug-likeness (QED) is 0.349. The van der Waals surface area contributed by atoms with Gasteiger partial charge in [0.1, 0.15) is 0 Å². The molecule has 0 aliphatic carbocycles. The number of hydrogen-bond donors (Lipinski definition) is 0. The van der Waals surface area contributed by atoms with Gasteiger partial charge >= 0.3 is 0 Å². The molecule has 1 atom stereocenters. The van der Waals surface area contributed by atoms with Crippen LogP contribution in [-0.2, 0) is 0 Å². The summed E-state index contributed by atoms with van der Waals surface area (Å²) in [4.78, 5) is 2.38. The summed E-state index contributed by atoms with van der Waals surface area (Å²) < 4.78 is 0. The van der Waals surface area contributed by atoms with Gasteiger partial charge in [0.05, 0.1) is 6.04 Å². The molecule has 0 radical (unpaired) electrons. The Labute approximate surface area is 167 Å². The second kappa shape index (κ2) is 8.88. The Balaban J connectivity index is 1.83. The summed E-state index contributed by atoms with van der Waals surface area (Å²) in [5.74, 6) is 0. The fraction of sp³-hybridized carbons (Fsp3) is 0.0370. The van der Waals surface area contributed by atoms with Crippen molar-refractivity contribution in [1.82, 2.24) is 0 Å². The first-order valence-electron chi connectivity index (χ1n) is 9.59. The van der Waals surface area contributed by atoms with Crippen molar-refractivity contribution in [3.63, 3.8) is 0 Å². The van der Waals surface area contributed by atoms with Crippen LogP contribution in [0.4, 0.5) is 11.4 Å². The number of hydrogen-bond acceptors (Lipinski definition) is 1. The topological polar surface area (TPSA) is 3.24 Å². The molecule has 0 aliphatic heterocycles. The molecule has 0 bridgehead atoms. The van der Waals surface area contributed by atoms with E-state index in [2.05, 4.69) is 132 Å². The number of anilines is 2. The molecular formula is C27H23N. The van der Waals surface area contributed by atoms with Crippen molar-refractivity contribution in [2.75, 3.05) is 4.90 Å². The fourth-order valence-corrected chi connectivity index (χ4v) is 3.41. The molecule has 0 aliphatic rings. The van der Waals surface area contributed by atoms with Crippen molar-refractivity contribution >= 4 is 17.5 Å². The van der Waals surface area contributed by atoms with Crippen LogP contribution in [0.5, 0.6) is 0 Å². The standard InChI is InChI=1S/C27H23N/c1-5-13-23(14-6-1)21-22-27(24-15-7-2-8-16-24)28(25-17-9-3-10-18-25)26-19-11-4-12-20-26/h1-22,27H/b22-21+. The number of para-hydroxylation sites is 2. The molecule has 1 heteroatoms. The molecule has 0 spiro atoms. The SMILES string of the molecule is C(=C\C(c1ccccc1)N(c1ccccc1)c1ccccc1)/c1ccccc1. The van der Waals surface area contributed by atoms with E-state index in [4.69, 9.17) is 0 Å². The molecule has 0 saturated heterocycles. The van der Waals surface area contributed by atoms with E-state index in [9.17, 15) is 0 Å². The molecular weight excluding hydrogens is 338 g/mol. The zero-order valence-electron chi connectivity index (χ0n) is 15.7. The highest BCUT2D eigenvalue weighted by molar-refractivity contribution is 5.67. The molecule has 1 nitrogen and oxygen atoms in total. The van der Waals surface area contributed by atoms with E-state index in [1.807, 2.05) is 6.07 Å². The average molecular weight is 361 g/mol. The summed E-state index contributed by atoms with van der Waals surface area (Å²) >= 11 is 0. The summed E-state index contributed by atoms with van der Waals surface area (Å²) in [6.45, 7) is 0. The van der Waals surface area contributed by atoms with E-state index >= 15 is 0 Å². The third kappa shape index (κ3) is 4.21. The maximum atomic E-state index is 2.38. The maximum absolute atomic E-state index is 2.38. The van der Waals surface area contributed by atoms with Crippen LogP contribution in [0.3, 0.4) is 0 Å². The Bertz CT molecular complexity index is 954. The minimum Gasteiger partial charge on any atom is -0.330 e. The second-order valence-electron chi connectivity index (χ2n) is 6.67. The second-order valence-corrected chi connectivity index (χ2v) is 6.67. The third-order valence-corrected chi connectivity index (χ3v) is 4.76. The largest absolute Gasteiger partial charge is 0.330 e. The summed E-state index contributed by atoms with van der Waals surface area (Å²) in [5, 5.41) is 0. The van der Waals surface area contributed by atoms with Crippen molar-refractivity contribution in [3.8, 4) is 0 Å². The first-order valence-corrected chi connectivity index (χ1v) is 9.59. The highest BCUT2D eigenvalue weighted by atomic mass is 15.2. The number of nitrogens with zero attached hydrogens (tertiary/aromatic N) is 1. The Morgan fingerprint density at radius 1 is 0.500 bits per heavy atom. The van der Waals surface area contributed by atoms with Gasteiger partial charge in [-0.1, -0.05) is 109 Å². The Morgan fingerprint density at radius 2 is 0.929 bits per heavy atom. The van der Waals surface area contributed by atoms with Crippen LogP contribution in [0.1, 0.15) is 17.2 Å². The lowest BCUT2D eigenvalue weighted by molar-refractivity contribution is 0.854. The van der Waals surface area contributed by atoms with Crippen molar-refractivity contribution < 1.29 is 0 Å². The van der Waals surface area contributed by atoms with Crippen molar-refractivity contribution in [2.45, 2.75) is 6.04 Å². The van der Waals surface area contributed by atoms with Gasteiger partial charge in [0.15, 0.2) is 0 Å². The summed E-state index contributed by atoms with van der Waals surface area (Å²) in [5.41, 5.74) is 4.78. The molecule has 4 aromatic rings. The smallest absolute Gasteiger partial charge is 0.0778 e. The normalized spacial score (nSPS) is 12.0. The summed E-state index contributed by atoms with van der Waals surface area (Å²) in [7, 11) is 0. The first-order chi connectivity index (χ1) is 13.9. The van der Waals surface area contributed by atoms with Gasteiger partial charge in [0.25, 0.3) is 0 Å². The van der Waals surface area contributed by atoms with Gasteiger partial charge in [-0.05, 0) is 35.4 Å². The molecule has 4 aromatic carbocycles. The monoisotopic (exact) mass is 361 g/mol. The molecule has 0 fully saturated rings. The van der Waals surface area contributed by atoms with Crippen LogP contribution < -0.4 is 4.90 Å². The molecule has 0 amide bonds. The van der Waals surface area contributed by atoms with Crippen LogP contribution in [0.15, 0.2) is 127 Å². The molecule has 0 saturated carbocycles. The lowest BCUT2D eigenvalue weighted by Crippen LogP contribution is -2.22. The van der Waals surface area contributed by atoms with Crippen molar-refractivity contribution in [3.05, 3.63) is 139 Å². The zero-order chi connectivity index (χ0) is 19.0. The lowest BCUT2D eigenvalue weighted by Gasteiger charge is -2.32. The lowest BCUT2D eigenvalue weighted by atomic mass is 10.0. The van der Waals surface area contributed by atoms with Crippen molar-refractivity contribution in [2.24, 2.45) is 0 Å². The van der Waals surface area contributed by atoms with Crippen LogP contribution in [0.25, 0.3) is 6.08 Å². The van der Waals surface area contributed by atoms with Gasteiger partial charge in [-0.3, -0.25) is 0 Å². The predicted octanol–water partition coefficient (Wildman–Crippen LogP) is 7.28. The molecule has 28 heavy (non-hydrogen) atoms. The Hall–Kier alpha value is -3.58. The average Bonchev–Trinajstić information content (AvgIpc) is 2.79. The van der Waals surface area contributed by atoms with E-state index in [0.717, 1.165) is 0 Å². The molecule has 0 heterocycles. The van der Waals surface area contributed by atoms with Crippen molar-refractivity contribution in [1.29, 1.82) is 0 Å². The van der Waals surface area contributed by atoms with E-state index in [1.165, 1.54) is 22.5 Å². The van der Waals surface area contributed by atoms with Gasteiger partial charge in [0, 0.05) is 11.4 Å². The van der Waals surface area contributed by atoms with Crippen LogP contribution in [0.2, 0.25) is 0 Å². The van der Waals surface area contributed by atoms with Crippen LogP contribution in [0, 0.1) is 0 Å². The maximum Gasteiger partial charge on any atom is 0.0778 e. The van der Waals surface area contributed by atoms with E-state index in [1.54, 1.807) is 0 Å². The van der Waals surface area contributed by atoms with Gasteiger partial charge < -0.3 is 4.90 Å². The zero-order valence-corrected chi connectivity index (χ0v) is 15.7. The first kappa shape index (κ1) is 17.8. The van der Waals surface area contributed by atoms with E-state index in [0.29, 0.717) is 0 Å². The molecule has 0 aromatic heterocycles. The molecule has 4 rings (SSSR count). The number of benzene rings is 4. The minimum absolute atomic E-state index is 0.0752. The Morgan fingerprint density at radius 3 is 1.43 bits per heavy atom. The highest BCUT2D eigenvalue weighted by Gasteiger charge is 2.20. The molecule has 1 unspecified atom stereocenters. The minimum atomic E-state index is 0.0752. The third-order valence-electron chi connectivity index (χ3n) is 4.76. The molecule has 0 N–H and O–H groups in total. The van der Waals surface area contributed by atoms with Gasteiger partial charge in [-0.25, -0.2) is 0 Å². The Kier molecular flexibility index (Phi) is 5.65. The van der Waals surface area contributed by atoms with Gasteiger partial charge in [-0.2, -0.15) is 0 Å².